The lowest BCUT2D eigenvalue weighted by Gasteiger charge is -2.20. The van der Waals surface area contributed by atoms with Gasteiger partial charge < -0.3 is 15.4 Å². The van der Waals surface area contributed by atoms with Gasteiger partial charge in [-0.15, -0.1) is 0 Å². The van der Waals surface area contributed by atoms with Crippen molar-refractivity contribution in [1.82, 2.24) is 10.6 Å². The molecule has 0 fully saturated rings. The number of carbonyl (C=O) groups excluding carboxylic acids is 1. The summed E-state index contributed by atoms with van der Waals surface area (Å²) in [5, 5.41) is 10.6. The Balaban J connectivity index is 2.70. The van der Waals surface area contributed by atoms with E-state index in [4.69, 9.17) is 9.88 Å². The quantitative estimate of drug-likeness (QED) is 0.748. The predicted octanol–water partition coefficient (Wildman–Crippen LogP) is 0.983. The molecule has 0 heterocycles. The van der Waals surface area contributed by atoms with Gasteiger partial charge in [0, 0.05) is 12.1 Å². The van der Waals surface area contributed by atoms with E-state index in [0.29, 0.717) is 13.0 Å². The fraction of sp³-hybridized carbons (Fsp3) is 0.500. The summed E-state index contributed by atoms with van der Waals surface area (Å²) in [5.74, 6) is 0.199. The number of nitrogens with two attached hydrogens (primary N) is 1. The minimum Gasteiger partial charge on any atom is -0.495 e. The van der Waals surface area contributed by atoms with Gasteiger partial charge in [0.1, 0.15) is 10.6 Å². The molecule has 22 heavy (non-hydrogen) atoms. The molecule has 0 aliphatic carbocycles. The van der Waals surface area contributed by atoms with Crippen LogP contribution in [-0.2, 0) is 16.4 Å². The van der Waals surface area contributed by atoms with Gasteiger partial charge in [0.15, 0.2) is 0 Å². The normalized spacial score (nSPS) is 11.9. The lowest BCUT2D eigenvalue weighted by atomic mass is 10.1. The number of primary sulfonamides is 1. The monoisotopic (exact) mass is 329 g/mol. The Kier molecular flexibility index (Phi) is 5.78. The third-order valence-electron chi connectivity index (χ3n) is 2.72. The van der Waals surface area contributed by atoms with Gasteiger partial charge in [-0.2, -0.15) is 0 Å². The third kappa shape index (κ3) is 5.90. The summed E-state index contributed by atoms with van der Waals surface area (Å²) in [4.78, 5) is 11.6. The van der Waals surface area contributed by atoms with Gasteiger partial charge in [-0.25, -0.2) is 18.4 Å². The first-order valence-electron chi connectivity index (χ1n) is 6.78. The summed E-state index contributed by atoms with van der Waals surface area (Å²) in [6, 6.07) is 4.46. The first-order chi connectivity index (χ1) is 10.0. The standard InChI is InChI=1S/C14H23N3O4S/c1-14(2,3)17-13(18)16-8-7-10-5-6-11(21-4)12(9-10)22(15,19)20/h5-6,9H,7-8H2,1-4H3,(H2,15,19,20)(H2,16,17,18). The van der Waals surface area contributed by atoms with Gasteiger partial charge in [0.05, 0.1) is 7.11 Å². The number of hydrogen-bond acceptors (Lipinski definition) is 4. The molecule has 7 nitrogen and oxygen atoms in total. The fourth-order valence-corrected chi connectivity index (χ4v) is 2.55. The second kappa shape index (κ2) is 6.97. The highest BCUT2D eigenvalue weighted by molar-refractivity contribution is 7.89. The summed E-state index contributed by atoms with van der Waals surface area (Å²) in [6.07, 6.45) is 0.476. The van der Waals surface area contributed by atoms with Crippen molar-refractivity contribution in [2.24, 2.45) is 5.14 Å². The summed E-state index contributed by atoms with van der Waals surface area (Å²) in [6.45, 7) is 6.02. The summed E-state index contributed by atoms with van der Waals surface area (Å²) in [7, 11) is -2.48. The number of methoxy groups -OCH3 is 1. The number of nitrogens with one attached hydrogen (secondary N) is 2. The molecule has 0 bridgehead atoms. The highest BCUT2D eigenvalue weighted by atomic mass is 32.2. The van der Waals surface area contributed by atoms with Crippen molar-refractivity contribution >= 4 is 16.1 Å². The molecule has 0 spiro atoms. The number of sulfonamides is 1. The van der Waals surface area contributed by atoms with Gasteiger partial charge in [-0.1, -0.05) is 6.07 Å². The number of rotatable bonds is 5. The van der Waals surface area contributed by atoms with E-state index in [2.05, 4.69) is 10.6 Å². The number of ether oxygens (including phenoxy) is 1. The van der Waals surface area contributed by atoms with Gasteiger partial charge in [-0.05, 0) is 44.9 Å². The maximum atomic E-state index is 11.6. The van der Waals surface area contributed by atoms with Crippen LogP contribution in [0.3, 0.4) is 0 Å². The molecular formula is C14H23N3O4S. The lowest BCUT2D eigenvalue weighted by molar-refractivity contribution is 0.232. The molecule has 0 aromatic heterocycles. The molecule has 4 N–H and O–H groups in total. The predicted molar refractivity (Wildman–Crippen MR) is 84.4 cm³/mol. The van der Waals surface area contributed by atoms with Crippen molar-refractivity contribution in [1.29, 1.82) is 0 Å². The Morgan fingerprint density at radius 1 is 1.32 bits per heavy atom. The van der Waals surface area contributed by atoms with Crippen LogP contribution in [0.1, 0.15) is 26.3 Å². The molecule has 0 saturated heterocycles. The van der Waals surface area contributed by atoms with Gasteiger partial charge in [0.25, 0.3) is 0 Å². The van der Waals surface area contributed by atoms with E-state index in [1.807, 2.05) is 20.8 Å². The smallest absolute Gasteiger partial charge is 0.315 e. The highest BCUT2D eigenvalue weighted by Gasteiger charge is 2.16. The number of carbonyl (C=O) groups is 1. The SMILES string of the molecule is COc1ccc(CCNC(=O)NC(C)(C)C)cc1S(N)(=O)=O. The molecule has 0 aliphatic rings. The molecule has 1 aromatic rings. The molecule has 2 amide bonds. The molecule has 0 unspecified atom stereocenters. The van der Waals surface area contributed by atoms with Crippen LogP contribution in [0.15, 0.2) is 23.1 Å². The molecule has 0 radical (unpaired) electrons. The molecule has 1 aromatic carbocycles. The maximum Gasteiger partial charge on any atom is 0.315 e. The third-order valence-corrected chi connectivity index (χ3v) is 3.65. The van der Waals surface area contributed by atoms with E-state index in [0.717, 1.165) is 5.56 Å². The number of amides is 2. The Bertz CT molecular complexity index is 636. The summed E-state index contributed by atoms with van der Waals surface area (Å²) >= 11 is 0. The minimum atomic E-state index is -3.86. The van der Waals surface area contributed by atoms with Crippen molar-refractivity contribution in [3.05, 3.63) is 23.8 Å². The Hall–Kier alpha value is -1.80. The molecule has 8 heteroatoms. The summed E-state index contributed by atoms with van der Waals surface area (Å²) in [5.41, 5.74) is 0.422. The van der Waals surface area contributed by atoms with E-state index in [9.17, 15) is 13.2 Å². The highest BCUT2D eigenvalue weighted by Crippen LogP contribution is 2.23. The molecule has 124 valence electrons. The molecule has 0 saturated carbocycles. The van der Waals surface area contributed by atoms with Crippen LogP contribution >= 0.6 is 0 Å². The molecule has 0 aliphatic heterocycles. The number of urea groups is 1. The molecular weight excluding hydrogens is 306 g/mol. The van der Waals surface area contributed by atoms with Crippen LogP contribution in [-0.4, -0.2) is 33.6 Å². The fourth-order valence-electron chi connectivity index (χ4n) is 1.80. The maximum absolute atomic E-state index is 11.6. The minimum absolute atomic E-state index is 0.0633. The van der Waals surface area contributed by atoms with Crippen LogP contribution in [0, 0.1) is 0 Å². The van der Waals surface area contributed by atoms with E-state index in [1.165, 1.54) is 13.2 Å². The van der Waals surface area contributed by atoms with Crippen molar-refractivity contribution in [3.8, 4) is 5.75 Å². The van der Waals surface area contributed by atoms with Crippen LogP contribution in [0.5, 0.6) is 5.75 Å². The second-order valence-electron chi connectivity index (χ2n) is 5.91. The van der Waals surface area contributed by atoms with E-state index >= 15 is 0 Å². The van der Waals surface area contributed by atoms with Gasteiger partial charge >= 0.3 is 6.03 Å². The summed E-state index contributed by atoms with van der Waals surface area (Å²) < 4.78 is 28.0. The average Bonchev–Trinajstić information content (AvgIpc) is 2.35. The van der Waals surface area contributed by atoms with E-state index in [1.54, 1.807) is 12.1 Å². The number of benzene rings is 1. The van der Waals surface area contributed by atoms with Gasteiger partial charge in [0.2, 0.25) is 10.0 Å². The molecule has 1 rings (SSSR count). The van der Waals surface area contributed by atoms with E-state index in [-0.39, 0.29) is 22.2 Å². The van der Waals surface area contributed by atoms with E-state index < -0.39 is 10.0 Å². The van der Waals surface area contributed by atoms with Crippen molar-refractivity contribution < 1.29 is 17.9 Å². The van der Waals surface area contributed by atoms with Crippen molar-refractivity contribution in [2.45, 2.75) is 37.6 Å². The first kappa shape index (κ1) is 18.2. The Morgan fingerprint density at radius 2 is 1.95 bits per heavy atom. The van der Waals surface area contributed by atoms with Crippen molar-refractivity contribution in [3.63, 3.8) is 0 Å². The second-order valence-corrected chi connectivity index (χ2v) is 7.44. The molecule has 0 atom stereocenters. The van der Waals surface area contributed by atoms with Crippen LogP contribution in [0.2, 0.25) is 0 Å². The average molecular weight is 329 g/mol. The van der Waals surface area contributed by atoms with Crippen LogP contribution in [0.4, 0.5) is 4.79 Å². The topological polar surface area (TPSA) is 111 Å². The lowest BCUT2D eigenvalue weighted by Crippen LogP contribution is -2.46. The number of hydrogen-bond donors (Lipinski definition) is 3. The Morgan fingerprint density at radius 3 is 2.45 bits per heavy atom. The Labute approximate surface area is 131 Å². The van der Waals surface area contributed by atoms with Crippen LogP contribution in [0.25, 0.3) is 0 Å². The van der Waals surface area contributed by atoms with Crippen molar-refractivity contribution in [2.75, 3.05) is 13.7 Å². The van der Waals surface area contributed by atoms with Crippen LogP contribution < -0.4 is 20.5 Å². The zero-order chi connectivity index (χ0) is 17.0. The first-order valence-corrected chi connectivity index (χ1v) is 8.33. The zero-order valence-electron chi connectivity index (χ0n) is 13.3. The van der Waals surface area contributed by atoms with Gasteiger partial charge in [-0.3, -0.25) is 0 Å². The largest absolute Gasteiger partial charge is 0.495 e. The zero-order valence-corrected chi connectivity index (χ0v) is 14.1.